The minimum absolute atomic E-state index is 0.0369. The molecule has 0 bridgehead atoms. The van der Waals surface area contributed by atoms with E-state index in [4.69, 9.17) is 4.98 Å². The lowest BCUT2D eigenvalue weighted by molar-refractivity contribution is 0.0705. The van der Waals surface area contributed by atoms with Crippen LogP contribution in [-0.2, 0) is 13.0 Å². The van der Waals surface area contributed by atoms with Crippen molar-refractivity contribution < 1.29 is 9.18 Å². The van der Waals surface area contributed by atoms with Crippen molar-refractivity contribution in [1.29, 1.82) is 0 Å². The number of aromatic amines is 1. The van der Waals surface area contributed by atoms with E-state index in [0.717, 1.165) is 42.8 Å². The Labute approximate surface area is 185 Å². The number of aromatic nitrogens is 3. The number of hydrogen-bond acceptors (Lipinski definition) is 4. The van der Waals surface area contributed by atoms with Gasteiger partial charge in [-0.3, -0.25) is 19.6 Å². The van der Waals surface area contributed by atoms with Crippen molar-refractivity contribution >= 4 is 11.6 Å². The molecule has 1 aromatic carbocycles. The number of benzene rings is 1. The first-order valence-corrected chi connectivity index (χ1v) is 11.3. The molecule has 2 aromatic heterocycles. The van der Waals surface area contributed by atoms with Gasteiger partial charge in [0.05, 0.1) is 11.3 Å². The van der Waals surface area contributed by atoms with Crippen molar-refractivity contribution in [2.75, 3.05) is 19.6 Å². The van der Waals surface area contributed by atoms with Gasteiger partial charge in [0.2, 0.25) is 0 Å². The molecule has 1 N–H and O–H groups in total. The Morgan fingerprint density at radius 2 is 2.09 bits per heavy atom. The van der Waals surface area contributed by atoms with Gasteiger partial charge in [0.1, 0.15) is 5.82 Å². The lowest BCUT2D eigenvalue weighted by atomic mass is 9.94. The molecule has 32 heavy (non-hydrogen) atoms. The Morgan fingerprint density at radius 1 is 1.25 bits per heavy atom. The molecule has 1 fully saturated rings. The predicted molar refractivity (Wildman–Crippen MR) is 119 cm³/mol. The third-order valence-electron chi connectivity index (χ3n) is 6.76. The maximum Gasteiger partial charge on any atom is 0.277 e. The molecule has 0 saturated carbocycles. The molecule has 3 aromatic rings. The van der Waals surface area contributed by atoms with E-state index < -0.39 is 5.82 Å². The van der Waals surface area contributed by atoms with Gasteiger partial charge in [0, 0.05) is 61.9 Å². The van der Waals surface area contributed by atoms with E-state index in [1.165, 1.54) is 12.1 Å². The van der Waals surface area contributed by atoms with Crippen LogP contribution in [-0.4, -0.2) is 56.0 Å². The fourth-order valence-corrected chi connectivity index (χ4v) is 4.89. The van der Waals surface area contributed by atoms with Crippen LogP contribution in [0.2, 0.25) is 0 Å². The molecule has 0 spiro atoms. The smallest absolute Gasteiger partial charge is 0.277 e. The summed E-state index contributed by atoms with van der Waals surface area (Å²) < 4.78 is 15.1. The molecule has 1 saturated heterocycles. The Hall–Kier alpha value is -3.00. The lowest BCUT2D eigenvalue weighted by Crippen LogP contribution is -2.40. The number of halogens is 1. The summed E-state index contributed by atoms with van der Waals surface area (Å²) in [4.78, 5) is 34.9. The summed E-state index contributed by atoms with van der Waals surface area (Å²) in [7, 11) is 0. The fraction of sp³-hybridized carbons (Fsp3) is 0.458. The molecular formula is C24H28FN5O2. The summed E-state index contributed by atoms with van der Waals surface area (Å²) in [5.74, 6) is -0.498. The summed E-state index contributed by atoms with van der Waals surface area (Å²) in [5.41, 5.74) is 3.53. The third kappa shape index (κ3) is 3.72. The first kappa shape index (κ1) is 20.9. The van der Waals surface area contributed by atoms with Gasteiger partial charge < -0.3 is 4.90 Å². The second kappa shape index (κ2) is 8.16. The van der Waals surface area contributed by atoms with Crippen LogP contribution in [0, 0.1) is 5.82 Å². The Bertz CT molecular complexity index is 1230. The van der Waals surface area contributed by atoms with Crippen LogP contribution >= 0.6 is 0 Å². The van der Waals surface area contributed by atoms with Crippen LogP contribution in [0.3, 0.4) is 0 Å². The first-order valence-electron chi connectivity index (χ1n) is 11.3. The second-order valence-corrected chi connectivity index (χ2v) is 9.16. The van der Waals surface area contributed by atoms with Crippen molar-refractivity contribution in [2.45, 2.75) is 51.6 Å². The topological polar surface area (TPSA) is 73.7 Å². The van der Waals surface area contributed by atoms with Crippen molar-refractivity contribution in [3.05, 3.63) is 69.0 Å². The Balaban J connectivity index is 1.42. The fourth-order valence-electron chi connectivity index (χ4n) is 4.89. The zero-order valence-corrected chi connectivity index (χ0v) is 18.5. The van der Waals surface area contributed by atoms with Gasteiger partial charge in [0.25, 0.3) is 11.5 Å². The number of likely N-dealkylation sites (tertiary alicyclic amines) is 1. The number of carbonyl (C=O) groups excluding carboxylic acids is 1. The van der Waals surface area contributed by atoms with Gasteiger partial charge >= 0.3 is 0 Å². The van der Waals surface area contributed by atoms with Gasteiger partial charge in [-0.2, -0.15) is 0 Å². The average molecular weight is 438 g/mol. The number of fused-ring (bicyclic) bond motifs is 2. The number of nitrogens with one attached hydrogen (secondary N) is 1. The Kier molecular flexibility index (Phi) is 5.33. The quantitative estimate of drug-likeness (QED) is 0.684. The number of nitrogens with zero attached hydrogens (tertiary/aromatic N) is 4. The molecule has 8 heteroatoms. The predicted octanol–water partition coefficient (Wildman–Crippen LogP) is 2.95. The lowest BCUT2D eigenvalue weighted by Gasteiger charge is -2.32. The molecule has 1 unspecified atom stereocenters. The second-order valence-electron chi connectivity index (χ2n) is 9.16. The number of carbonyl (C=O) groups is 1. The molecule has 5 rings (SSSR count). The van der Waals surface area contributed by atoms with Crippen LogP contribution in [0.1, 0.15) is 59.9 Å². The largest absolute Gasteiger partial charge is 0.338 e. The van der Waals surface area contributed by atoms with Crippen LogP contribution in [0.4, 0.5) is 4.39 Å². The van der Waals surface area contributed by atoms with Crippen LogP contribution in [0.25, 0.3) is 5.65 Å². The van der Waals surface area contributed by atoms with E-state index in [1.807, 2.05) is 6.07 Å². The maximum atomic E-state index is 13.6. The third-order valence-corrected chi connectivity index (χ3v) is 6.76. The highest BCUT2D eigenvalue weighted by Gasteiger charge is 2.28. The van der Waals surface area contributed by atoms with Crippen molar-refractivity contribution in [3.63, 3.8) is 0 Å². The molecule has 4 heterocycles. The zero-order chi connectivity index (χ0) is 22.4. The van der Waals surface area contributed by atoms with E-state index in [0.29, 0.717) is 36.9 Å². The molecule has 1 atom stereocenters. The number of H-pyrrole nitrogens is 1. The highest BCUT2D eigenvalue weighted by Crippen LogP contribution is 2.28. The first-order chi connectivity index (χ1) is 15.4. The maximum absolute atomic E-state index is 13.6. The molecule has 2 aliphatic rings. The Morgan fingerprint density at radius 3 is 2.88 bits per heavy atom. The summed E-state index contributed by atoms with van der Waals surface area (Å²) in [5, 5.41) is 3.26. The van der Waals surface area contributed by atoms with Crippen molar-refractivity contribution in [3.8, 4) is 0 Å². The highest BCUT2D eigenvalue weighted by atomic mass is 19.1. The van der Waals surface area contributed by atoms with E-state index in [9.17, 15) is 14.0 Å². The van der Waals surface area contributed by atoms with Crippen LogP contribution in [0.15, 0.2) is 35.1 Å². The summed E-state index contributed by atoms with van der Waals surface area (Å²) >= 11 is 0. The van der Waals surface area contributed by atoms with E-state index in [2.05, 4.69) is 23.8 Å². The molecule has 168 valence electrons. The number of hydrogen-bond donors (Lipinski definition) is 1. The van der Waals surface area contributed by atoms with Gasteiger partial charge in [-0.05, 0) is 44.9 Å². The standard InChI is InChI=1S/C24H28FN5O2/c1-15(2)28-10-8-20-19(14-28)24(32)30-22(26-20)12-21(27-30)17-6-4-9-29(13-17)23(31)16-5-3-7-18(25)11-16/h3,5,7,11-12,15,17,27H,4,6,8-10,13-14H2,1-2H3. The van der Waals surface area contributed by atoms with Crippen LogP contribution in [0.5, 0.6) is 0 Å². The number of amides is 1. The SMILES string of the molecule is CC(C)N1CCc2nc3cc(C4CCCN(C(=O)c5cccc(F)c5)C4)[nH]n3c(=O)c2C1. The average Bonchev–Trinajstić information content (AvgIpc) is 3.23. The van der Waals surface area contributed by atoms with Crippen LogP contribution < -0.4 is 5.56 Å². The minimum atomic E-state index is -0.412. The highest BCUT2D eigenvalue weighted by molar-refractivity contribution is 5.94. The van der Waals surface area contributed by atoms with E-state index >= 15 is 0 Å². The summed E-state index contributed by atoms with van der Waals surface area (Å²) in [6.07, 6.45) is 2.54. The molecule has 2 aliphatic heterocycles. The summed E-state index contributed by atoms with van der Waals surface area (Å²) in [6, 6.07) is 8.14. The van der Waals surface area contributed by atoms with E-state index in [-0.39, 0.29) is 17.4 Å². The molecule has 1 amide bonds. The molecule has 7 nitrogen and oxygen atoms in total. The normalized spacial score (nSPS) is 19.5. The minimum Gasteiger partial charge on any atom is -0.338 e. The molecule has 0 radical (unpaired) electrons. The van der Waals surface area contributed by atoms with Crippen molar-refractivity contribution in [2.24, 2.45) is 0 Å². The number of rotatable bonds is 3. The monoisotopic (exact) mass is 437 g/mol. The summed E-state index contributed by atoms with van der Waals surface area (Å²) in [6.45, 7) is 6.98. The van der Waals surface area contributed by atoms with Gasteiger partial charge in [-0.15, -0.1) is 0 Å². The number of piperidine rings is 1. The van der Waals surface area contributed by atoms with Gasteiger partial charge in [0.15, 0.2) is 5.65 Å². The molecule has 0 aliphatic carbocycles. The van der Waals surface area contributed by atoms with Crippen molar-refractivity contribution in [1.82, 2.24) is 24.4 Å². The van der Waals surface area contributed by atoms with E-state index in [1.54, 1.807) is 21.5 Å². The van der Waals surface area contributed by atoms with Gasteiger partial charge in [-0.1, -0.05) is 6.07 Å². The molecular weight excluding hydrogens is 409 g/mol. The zero-order valence-electron chi connectivity index (χ0n) is 18.5. The van der Waals surface area contributed by atoms with Gasteiger partial charge in [-0.25, -0.2) is 13.9 Å².